The van der Waals surface area contributed by atoms with E-state index in [1.807, 2.05) is 0 Å². The molecular weight excluding hydrogens is 352 g/mol. The van der Waals surface area contributed by atoms with Crippen molar-refractivity contribution in [2.45, 2.75) is 13.0 Å². The van der Waals surface area contributed by atoms with Crippen LogP contribution in [0.15, 0.2) is 48.5 Å². The Morgan fingerprint density at radius 2 is 1.92 bits per heavy atom. The summed E-state index contributed by atoms with van der Waals surface area (Å²) in [5.74, 6) is -2.47. The van der Waals surface area contributed by atoms with E-state index < -0.39 is 29.6 Å². The Morgan fingerprint density at radius 3 is 2.60 bits per heavy atom. The molecule has 0 saturated heterocycles. The quantitative estimate of drug-likeness (QED) is 0.638. The number of rotatable bonds is 5. The molecule has 0 aliphatic rings. The van der Waals surface area contributed by atoms with Crippen LogP contribution >= 0.6 is 11.6 Å². The average molecular weight is 366 g/mol. The summed E-state index contributed by atoms with van der Waals surface area (Å²) in [4.78, 5) is 23.7. The lowest BCUT2D eigenvalue weighted by molar-refractivity contribution is -0.148. The van der Waals surface area contributed by atoms with Gasteiger partial charge in [0, 0.05) is 11.6 Å². The summed E-state index contributed by atoms with van der Waals surface area (Å²) in [5.41, 5.74) is 0.410. The third-order valence-corrected chi connectivity index (χ3v) is 3.47. The van der Waals surface area contributed by atoms with E-state index >= 15 is 0 Å². The Kier molecular flexibility index (Phi) is 6.25. The molecule has 0 heterocycles. The van der Waals surface area contributed by atoms with E-state index in [4.69, 9.17) is 16.3 Å². The minimum atomic E-state index is -1.13. The topological polar surface area (TPSA) is 55.4 Å². The van der Waals surface area contributed by atoms with Crippen LogP contribution in [0.5, 0.6) is 0 Å². The van der Waals surface area contributed by atoms with Crippen LogP contribution in [0.4, 0.5) is 14.5 Å². The van der Waals surface area contributed by atoms with E-state index in [-0.39, 0.29) is 16.3 Å². The lowest BCUT2D eigenvalue weighted by atomic mass is 10.2. The fourth-order valence-electron chi connectivity index (χ4n) is 1.86. The van der Waals surface area contributed by atoms with Crippen LogP contribution in [0, 0.1) is 11.6 Å². The van der Waals surface area contributed by atoms with Crippen LogP contribution in [-0.2, 0) is 14.3 Å². The lowest BCUT2D eigenvalue weighted by Crippen LogP contribution is -2.29. The zero-order chi connectivity index (χ0) is 18.4. The third kappa shape index (κ3) is 5.39. The van der Waals surface area contributed by atoms with Gasteiger partial charge in [-0.15, -0.1) is 0 Å². The molecule has 0 aliphatic carbocycles. The van der Waals surface area contributed by atoms with Gasteiger partial charge in [0.05, 0.1) is 10.7 Å². The van der Waals surface area contributed by atoms with Crippen LogP contribution in [0.1, 0.15) is 12.5 Å². The van der Waals surface area contributed by atoms with Gasteiger partial charge >= 0.3 is 5.97 Å². The molecule has 1 N–H and O–H groups in total. The Balaban J connectivity index is 1.94. The van der Waals surface area contributed by atoms with Crippen molar-refractivity contribution in [2.75, 3.05) is 5.32 Å². The largest absolute Gasteiger partial charge is 0.449 e. The number of amides is 1. The maximum Gasteiger partial charge on any atom is 0.331 e. The van der Waals surface area contributed by atoms with Crippen LogP contribution in [0.25, 0.3) is 6.08 Å². The molecule has 0 aromatic heterocycles. The molecule has 2 rings (SSSR count). The number of halogens is 3. The fourth-order valence-corrected chi connectivity index (χ4v) is 2.07. The number of ether oxygens (including phenoxy) is 1. The zero-order valence-corrected chi connectivity index (χ0v) is 13.9. The van der Waals surface area contributed by atoms with Crippen molar-refractivity contribution in [3.8, 4) is 0 Å². The molecule has 25 heavy (non-hydrogen) atoms. The van der Waals surface area contributed by atoms with Gasteiger partial charge in [-0.25, -0.2) is 13.6 Å². The molecule has 0 radical (unpaired) electrons. The van der Waals surface area contributed by atoms with Gasteiger partial charge in [0.1, 0.15) is 11.6 Å². The highest BCUT2D eigenvalue weighted by Gasteiger charge is 2.18. The molecule has 0 saturated carbocycles. The summed E-state index contributed by atoms with van der Waals surface area (Å²) >= 11 is 5.81. The number of carbonyl (C=O) groups is 2. The van der Waals surface area contributed by atoms with Crippen LogP contribution in [0.3, 0.4) is 0 Å². The van der Waals surface area contributed by atoms with Crippen molar-refractivity contribution >= 4 is 35.2 Å². The first-order valence-corrected chi connectivity index (χ1v) is 7.64. The SMILES string of the molecule is C[C@@H](OC(=O)/C=C/c1ccccc1F)C(=O)Nc1ccc(F)cc1Cl. The summed E-state index contributed by atoms with van der Waals surface area (Å²) in [5, 5.41) is 2.45. The molecule has 2 aromatic rings. The van der Waals surface area contributed by atoms with Crippen molar-refractivity contribution < 1.29 is 23.1 Å². The molecule has 0 spiro atoms. The molecule has 4 nitrogen and oxygen atoms in total. The van der Waals surface area contributed by atoms with Crippen molar-refractivity contribution in [3.63, 3.8) is 0 Å². The Labute approximate surface area is 148 Å². The maximum absolute atomic E-state index is 13.4. The first-order valence-electron chi connectivity index (χ1n) is 7.26. The first kappa shape index (κ1) is 18.6. The minimum absolute atomic E-state index is 0.0197. The second-order valence-electron chi connectivity index (χ2n) is 5.05. The second kappa shape index (κ2) is 8.39. The van der Waals surface area contributed by atoms with Gasteiger partial charge in [-0.1, -0.05) is 29.8 Å². The highest BCUT2D eigenvalue weighted by Crippen LogP contribution is 2.22. The molecule has 0 fully saturated rings. The average Bonchev–Trinajstić information content (AvgIpc) is 2.56. The van der Waals surface area contributed by atoms with Gasteiger partial charge in [0.15, 0.2) is 6.10 Å². The van der Waals surface area contributed by atoms with Crippen molar-refractivity contribution in [2.24, 2.45) is 0 Å². The second-order valence-corrected chi connectivity index (χ2v) is 5.45. The molecule has 1 amide bonds. The predicted molar refractivity (Wildman–Crippen MR) is 91.0 cm³/mol. The van der Waals surface area contributed by atoms with E-state index in [0.717, 1.165) is 18.2 Å². The normalized spacial score (nSPS) is 12.0. The predicted octanol–water partition coefficient (Wildman–Crippen LogP) is 4.20. The lowest BCUT2D eigenvalue weighted by Gasteiger charge is -2.13. The third-order valence-electron chi connectivity index (χ3n) is 3.16. The Morgan fingerprint density at radius 1 is 1.20 bits per heavy atom. The van der Waals surface area contributed by atoms with Gasteiger partial charge in [-0.05, 0) is 37.3 Å². The standard InChI is InChI=1S/C18H14ClF2NO3/c1-11(18(24)22-16-8-7-13(20)10-14(16)19)25-17(23)9-6-12-4-2-3-5-15(12)21/h2-11H,1H3,(H,22,24)/b9-6+/t11-/m1/s1. The highest BCUT2D eigenvalue weighted by molar-refractivity contribution is 6.33. The molecule has 2 aromatic carbocycles. The molecular formula is C18H14ClF2NO3. The van der Waals surface area contributed by atoms with Gasteiger partial charge in [0.2, 0.25) is 0 Å². The first-order chi connectivity index (χ1) is 11.9. The molecule has 0 aliphatic heterocycles. The van der Waals surface area contributed by atoms with E-state index in [0.29, 0.717) is 0 Å². The van der Waals surface area contributed by atoms with Crippen LogP contribution in [0.2, 0.25) is 5.02 Å². The molecule has 7 heteroatoms. The van der Waals surface area contributed by atoms with Gasteiger partial charge in [-0.2, -0.15) is 0 Å². The summed E-state index contributed by atoms with van der Waals surface area (Å²) < 4.78 is 31.3. The van der Waals surface area contributed by atoms with Gasteiger partial charge in [-0.3, -0.25) is 4.79 Å². The Hall–Kier alpha value is -2.73. The van der Waals surface area contributed by atoms with E-state index in [1.54, 1.807) is 6.07 Å². The number of nitrogens with one attached hydrogen (secondary N) is 1. The van der Waals surface area contributed by atoms with Crippen molar-refractivity contribution in [1.82, 2.24) is 0 Å². The molecule has 0 bridgehead atoms. The number of anilines is 1. The summed E-state index contributed by atoms with van der Waals surface area (Å²) in [6, 6.07) is 9.37. The van der Waals surface area contributed by atoms with E-state index in [9.17, 15) is 18.4 Å². The number of carbonyl (C=O) groups excluding carboxylic acids is 2. The zero-order valence-electron chi connectivity index (χ0n) is 13.1. The molecule has 130 valence electrons. The summed E-state index contributed by atoms with van der Waals surface area (Å²) in [6.45, 7) is 1.36. The van der Waals surface area contributed by atoms with Crippen LogP contribution < -0.4 is 5.32 Å². The van der Waals surface area contributed by atoms with Crippen molar-refractivity contribution in [3.05, 3.63) is 70.8 Å². The number of benzene rings is 2. The number of esters is 1. The van der Waals surface area contributed by atoms with E-state index in [2.05, 4.69) is 5.32 Å². The van der Waals surface area contributed by atoms with Gasteiger partial charge in [0.25, 0.3) is 5.91 Å². The van der Waals surface area contributed by atoms with Gasteiger partial charge < -0.3 is 10.1 Å². The van der Waals surface area contributed by atoms with Crippen molar-refractivity contribution in [1.29, 1.82) is 0 Å². The monoisotopic (exact) mass is 365 g/mol. The number of hydrogen-bond donors (Lipinski definition) is 1. The molecule has 1 atom stereocenters. The highest BCUT2D eigenvalue weighted by atomic mass is 35.5. The summed E-state index contributed by atoms with van der Waals surface area (Å²) in [7, 11) is 0. The maximum atomic E-state index is 13.4. The smallest absolute Gasteiger partial charge is 0.331 e. The Bertz CT molecular complexity index is 824. The van der Waals surface area contributed by atoms with E-state index in [1.165, 1.54) is 37.3 Å². The minimum Gasteiger partial charge on any atom is -0.449 e. The number of hydrogen-bond acceptors (Lipinski definition) is 3. The summed E-state index contributed by atoms with van der Waals surface area (Å²) in [6.07, 6.45) is 1.14. The fraction of sp³-hybridized carbons (Fsp3) is 0.111. The van der Waals surface area contributed by atoms with Crippen LogP contribution in [-0.4, -0.2) is 18.0 Å². The molecule has 0 unspecified atom stereocenters.